The molecule has 5 nitrogen and oxygen atoms in total. The van der Waals surface area contributed by atoms with E-state index in [1.54, 1.807) is 6.07 Å². The second-order valence-electron chi connectivity index (χ2n) is 5.68. The highest BCUT2D eigenvalue weighted by Crippen LogP contribution is 2.29. The van der Waals surface area contributed by atoms with E-state index >= 15 is 0 Å². The third-order valence-electron chi connectivity index (χ3n) is 4.42. The first-order valence-electron chi connectivity index (χ1n) is 7.19. The molecule has 1 aliphatic carbocycles. The van der Waals surface area contributed by atoms with Crippen LogP contribution in [0, 0.1) is 11.8 Å². The molecule has 0 spiro atoms. The molecular formula is C14H24N2O3S. The summed E-state index contributed by atoms with van der Waals surface area (Å²) in [7, 11) is -2.11. The average molecular weight is 300 g/mol. The Labute approximate surface area is 121 Å². The van der Waals surface area contributed by atoms with Crippen molar-refractivity contribution >= 4 is 10.0 Å². The van der Waals surface area contributed by atoms with Gasteiger partial charge in [0.15, 0.2) is 0 Å². The van der Waals surface area contributed by atoms with Crippen molar-refractivity contribution in [1.29, 1.82) is 0 Å². The molecule has 1 fully saturated rings. The van der Waals surface area contributed by atoms with Crippen molar-refractivity contribution in [3.63, 3.8) is 0 Å². The molecule has 3 unspecified atom stereocenters. The summed E-state index contributed by atoms with van der Waals surface area (Å²) in [6, 6.07) is 3.69. The molecule has 2 rings (SSSR count). The number of hydrogen-bond donors (Lipinski definition) is 2. The summed E-state index contributed by atoms with van der Waals surface area (Å²) in [5.74, 6) is 2.03. The van der Waals surface area contributed by atoms with E-state index < -0.39 is 10.0 Å². The van der Waals surface area contributed by atoms with Crippen molar-refractivity contribution in [2.45, 2.75) is 50.8 Å². The highest BCUT2D eigenvalue weighted by molar-refractivity contribution is 7.89. The van der Waals surface area contributed by atoms with Gasteiger partial charge in [0.2, 0.25) is 5.09 Å². The van der Waals surface area contributed by atoms with E-state index in [0.717, 1.165) is 5.92 Å². The fourth-order valence-electron chi connectivity index (χ4n) is 2.80. The predicted octanol–water partition coefficient (Wildman–Crippen LogP) is 2.10. The quantitative estimate of drug-likeness (QED) is 0.873. The summed E-state index contributed by atoms with van der Waals surface area (Å²) >= 11 is 0. The molecule has 1 heterocycles. The lowest BCUT2D eigenvalue weighted by atomic mass is 9.78. The molecule has 2 N–H and O–H groups in total. The SMILES string of the molecule is CNS(=O)(=O)c1ccc(CNC2CCCC(C)C2C)o1. The Balaban J connectivity index is 1.95. The van der Waals surface area contributed by atoms with Crippen LogP contribution in [0.5, 0.6) is 0 Å². The minimum atomic E-state index is -3.48. The summed E-state index contributed by atoms with van der Waals surface area (Å²) in [5, 5.41) is 3.47. The Kier molecular flexibility index (Phi) is 4.88. The van der Waals surface area contributed by atoms with Crippen LogP contribution < -0.4 is 10.0 Å². The van der Waals surface area contributed by atoms with Gasteiger partial charge in [-0.05, 0) is 37.4 Å². The topological polar surface area (TPSA) is 71.3 Å². The van der Waals surface area contributed by atoms with Gasteiger partial charge >= 0.3 is 0 Å². The lowest BCUT2D eigenvalue weighted by Crippen LogP contribution is -2.40. The number of rotatable bonds is 5. The van der Waals surface area contributed by atoms with Crippen molar-refractivity contribution in [3.8, 4) is 0 Å². The van der Waals surface area contributed by atoms with E-state index in [4.69, 9.17) is 4.42 Å². The largest absolute Gasteiger partial charge is 0.447 e. The minimum absolute atomic E-state index is 0.0261. The van der Waals surface area contributed by atoms with Gasteiger partial charge in [0.25, 0.3) is 10.0 Å². The molecule has 6 heteroatoms. The summed E-state index contributed by atoms with van der Waals surface area (Å²) in [6.45, 7) is 5.14. The molecule has 0 amide bonds. The van der Waals surface area contributed by atoms with Gasteiger partial charge in [0.05, 0.1) is 6.54 Å². The lowest BCUT2D eigenvalue weighted by Gasteiger charge is -2.34. The summed E-state index contributed by atoms with van der Waals surface area (Å²) < 4.78 is 30.8. The molecule has 0 bridgehead atoms. The molecule has 0 radical (unpaired) electrons. The fourth-order valence-corrected chi connectivity index (χ4v) is 3.47. The molecule has 3 atom stereocenters. The highest BCUT2D eigenvalue weighted by atomic mass is 32.2. The maximum Gasteiger partial charge on any atom is 0.273 e. The van der Waals surface area contributed by atoms with Crippen molar-refractivity contribution in [2.24, 2.45) is 11.8 Å². The Hall–Kier alpha value is -0.850. The molecule has 1 aromatic rings. The van der Waals surface area contributed by atoms with Crippen LogP contribution in [0.1, 0.15) is 38.9 Å². The van der Waals surface area contributed by atoms with Crippen LogP contribution in [0.4, 0.5) is 0 Å². The zero-order valence-electron chi connectivity index (χ0n) is 12.3. The van der Waals surface area contributed by atoms with Gasteiger partial charge in [0, 0.05) is 6.04 Å². The molecule has 0 aromatic carbocycles. The maximum atomic E-state index is 11.6. The second-order valence-corrected chi connectivity index (χ2v) is 7.50. The third kappa shape index (κ3) is 3.42. The molecule has 20 heavy (non-hydrogen) atoms. The van der Waals surface area contributed by atoms with Gasteiger partial charge in [-0.25, -0.2) is 13.1 Å². The van der Waals surface area contributed by atoms with Crippen LogP contribution in [0.25, 0.3) is 0 Å². The van der Waals surface area contributed by atoms with Crippen molar-refractivity contribution < 1.29 is 12.8 Å². The van der Waals surface area contributed by atoms with Gasteiger partial charge in [-0.2, -0.15) is 0 Å². The summed E-state index contributed by atoms with van der Waals surface area (Å²) in [6.07, 6.45) is 3.72. The van der Waals surface area contributed by atoms with Gasteiger partial charge in [0.1, 0.15) is 5.76 Å². The number of furan rings is 1. The first kappa shape index (κ1) is 15.5. The first-order valence-corrected chi connectivity index (χ1v) is 8.68. The Bertz CT molecular complexity index is 538. The molecule has 1 saturated carbocycles. The smallest absolute Gasteiger partial charge is 0.273 e. The van der Waals surface area contributed by atoms with E-state index in [1.807, 2.05) is 0 Å². The Morgan fingerprint density at radius 2 is 2.05 bits per heavy atom. The van der Waals surface area contributed by atoms with Crippen LogP contribution in [-0.4, -0.2) is 21.5 Å². The normalized spacial score (nSPS) is 27.6. The monoisotopic (exact) mass is 300 g/mol. The fraction of sp³-hybridized carbons (Fsp3) is 0.714. The van der Waals surface area contributed by atoms with Gasteiger partial charge in [-0.15, -0.1) is 0 Å². The van der Waals surface area contributed by atoms with Crippen molar-refractivity contribution in [2.75, 3.05) is 7.05 Å². The van der Waals surface area contributed by atoms with Crippen LogP contribution in [0.2, 0.25) is 0 Å². The summed E-state index contributed by atoms with van der Waals surface area (Å²) in [5.41, 5.74) is 0. The maximum absolute atomic E-state index is 11.6. The molecular weight excluding hydrogens is 276 g/mol. The predicted molar refractivity (Wildman–Crippen MR) is 77.8 cm³/mol. The van der Waals surface area contributed by atoms with Crippen LogP contribution in [0.15, 0.2) is 21.6 Å². The van der Waals surface area contributed by atoms with Gasteiger partial charge < -0.3 is 9.73 Å². The summed E-state index contributed by atoms with van der Waals surface area (Å²) in [4.78, 5) is 0. The molecule has 114 valence electrons. The third-order valence-corrected chi connectivity index (χ3v) is 5.70. The minimum Gasteiger partial charge on any atom is -0.447 e. The second kappa shape index (κ2) is 6.28. The Morgan fingerprint density at radius 1 is 1.30 bits per heavy atom. The van der Waals surface area contributed by atoms with E-state index in [1.165, 1.54) is 32.4 Å². The van der Waals surface area contributed by atoms with Crippen LogP contribution in [-0.2, 0) is 16.6 Å². The average Bonchev–Trinajstić information content (AvgIpc) is 2.90. The Morgan fingerprint density at radius 3 is 2.75 bits per heavy atom. The van der Waals surface area contributed by atoms with Crippen LogP contribution in [0.3, 0.4) is 0 Å². The van der Waals surface area contributed by atoms with Gasteiger partial charge in [-0.1, -0.05) is 26.7 Å². The molecule has 0 aliphatic heterocycles. The number of hydrogen-bond acceptors (Lipinski definition) is 4. The number of sulfonamides is 1. The van der Waals surface area contributed by atoms with Crippen LogP contribution >= 0.6 is 0 Å². The van der Waals surface area contributed by atoms with E-state index in [-0.39, 0.29) is 5.09 Å². The van der Waals surface area contributed by atoms with E-state index in [2.05, 4.69) is 23.9 Å². The molecule has 1 aromatic heterocycles. The standard InChI is InChI=1S/C14H24N2O3S/c1-10-5-4-6-13(11(10)2)16-9-12-7-8-14(19-12)20(17,18)15-3/h7-8,10-11,13,15-16H,4-6,9H2,1-3H3. The molecule has 0 saturated heterocycles. The van der Waals surface area contributed by atoms with Crippen molar-refractivity contribution in [3.05, 3.63) is 17.9 Å². The zero-order chi connectivity index (χ0) is 14.8. The van der Waals surface area contributed by atoms with Crippen molar-refractivity contribution in [1.82, 2.24) is 10.0 Å². The first-order chi connectivity index (χ1) is 9.44. The highest BCUT2D eigenvalue weighted by Gasteiger charge is 2.26. The zero-order valence-corrected chi connectivity index (χ0v) is 13.2. The molecule has 1 aliphatic rings. The lowest BCUT2D eigenvalue weighted by molar-refractivity contribution is 0.202. The van der Waals surface area contributed by atoms with Gasteiger partial charge in [-0.3, -0.25) is 0 Å². The van der Waals surface area contributed by atoms with E-state index in [0.29, 0.717) is 24.3 Å². The van der Waals surface area contributed by atoms with E-state index in [9.17, 15) is 8.42 Å². The number of nitrogens with one attached hydrogen (secondary N) is 2.